The van der Waals surface area contributed by atoms with E-state index in [1.54, 1.807) is 0 Å². The van der Waals surface area contributed by atoms with Gasteiger partial charge in [-0.1, -0.05) is 0 Å². The molecule has 0 fully saturated rings. The second kappa shape index (κ2) is 12.3. The minimum atomic E-state index is -4.90. The van der Waals surface area contributed by atoms with E-state index in [0.717, 1.165) is 37.4 Å². The number of rotatable bonds is 11. The number of hydrogen-bond acceptors (Lipinski definition) is 14. The summed E-state index contributed by atoms with van der Waals surface area (Å²) in [6.45, 7) is -0.503. The van der Waals surface area contributed by atoms with Crippen LogP contribution in [0.15, 0.2) is 58.3 Å². The first kappa shape index (κ1) is 32.0. The number of halogens is 1. The predicted molar refractivity (Wildman–Crippen MR) is 152 cm³/mol. The lowest BCUT2D eigenvalue weighted by atomic mass is 10.2. The van der Waals surface area contributed by atoms with Crippen molar-refractivity contribution in [2.45, 2.75) is 16.4 Å². The van der Waals surface area contributed by atoms with Gasteiger partial charge in [-0.05, 0) is 41.9 Å². The van der Waals surface area contributed by atoms with Crippen LogP contribution in [0.4, 0.5) is 23.3 Å². The van der Waals surface area contributed by atoms with Crippen LogP contribution in [-0.4, -0.2) is 69.3 Å². The summed E-state index contributed by atoms with van der Waals surface area (Å²) >= 11 is 5.97. The number of aromatic nitrogens is 3. The lowest BCUT2D eigenvalue weighted by Crippen LogP contribution is -2.08. The zero-order valence-electron chi connectivity index (χ0n) is 22.0. The molecule has 0 atom stereocenters. The summed E-state index contributed by atoms with van der Waals surface area (Å²) in [5.41, 5.74) is -0.523. The highest BCUT2D eigenvalue weighted by Crippen LogP contribution is 2.34. The number of benzene rings is 3. The van der Waals surface area contributed by atoms with E-state index in [0.29, 0.717) is 0 Å². The fraction of sp³-hybridized carbons (Fsp3) is 0.0833. The van der Waals surface area contributed by atoms with Crippen molar-refractivity contribution in [3.8, 4) is 23.0 Å². The zero-order chi connectivity index (χ0) is 32.4. The molecule has 0 amide bonds. The number of phenols is 2. The lowest BCUT2D eigenvalue weighted by Gasteiger charge is -2.14. The number of nitrogens with one attached hydrogen (secondary N) is 2. The Morgan fingerprint density at radius 1 is 0.864 bits per heavy atom. The highest BCUT2D eigenvalue weighted by atomic mass is 35.5. The summed E-state index contributed by atoms with van der Waals surface area (Å²) in [4.78, 5) is 21.5. The molecule has 0 bridgehead atoms. The van der Waals surface area contributed by atoms with Crippen molar-refractivity contribution in [3.05, 3.63) is 64.9 Å². The molecular formula is C24H20ClN5O12S2. The van der Waals surface area contributed by atoms with Gasteiger partial charge in [0.1, 0.15) is 45.0 Å². The van der Waals surface area contributed by atoms with Crippen molar-refractivity contribution in [1.82, 2.24) is 15.0 Å². The maximum Gasteiger partial charge on any atom is 0.339 e. The van der Waals surface area contributed by atoms with Crippen LogP contribution in [-0.2, 0) is 26.8 Å². The third kappa shape index (κ3) is 7.51. The third-order valence-electron chi connectivity index (χ3n) is 5.61. The van der Waals surface area contributed by atoms with Gasteiger partial charge >= 0.3 is 5.97 Å². The predicted octanol–water partition coefficient (Wildman–Crippen LogP) is 3.20. The van der Waals surface area contributed by atoms with Crippen molar-refractivity contribution < 1.29 is 55.5 Å². The number of nitrogens with zero attached hydrogens (tertiary/aromatic N) is 3. The molecule has 3 aromatic carbocycles. The number of aromatic hydroxyl groups is 2. The summed E-state index contributed by atoms with van der Waals surface area (Å²) in [5, 5.41) is 34.1. The molecule has 1 aromatic heterocycles. The molecule has 4 aromatic rings. The molecular weight excluding hydrogens is 650 g/mol. The quantitative estimate of drug-likeness (QED) is 0.113. The Morgan fingerprint density at radius 2 is 1.52 bits per heavy atom. The molecule has 20 heteroatoms. The maximum atomic E-state index is 12.2. The molecule has 7 N–H and O–H groups in total. The summed E-state index contributed by atoms with van der Waals surface area (Å²) < 4.78 is 77.3. The number of carboxylic acids is 1. The van der Waals surface area contributed by atoms with Gasteiger partial charge in [0.2, 0.25) is 17.2 Å². The first-order chi connectivity index (χ1) is 20.5. The van der Waals surface area contributed by atoms with Crippen LogP contribution >= 0.6 is 11.6 Å². The number of methoxy groups -OCH3 is 1. The fourth-order valence-corrected chi connectivity index (χ4v) is 5.15. The van der Waals surface area contributed by atoms with Gasteiger partial charge in [-0.25, -0.2) is 4.79 Å². The molecule has 0 saturated heterocycles. The van der Waals surface area contributed by atoms with Crippen molar-refractivity contribution >= 4 is 61.1 Å². The molecule has 17 nitrogen and oxygen atoms in total. The molecule has 0 aliphatic carbocycles. The van der Waals surface area contributed by atoms with E-state index in [-0.39, 0.29) is 51.2 Å². The first-order valence-corrected chi connectivity index (χ1v) is 14.9. The second-order valence-corrected chi connectivity index (χ2v) is 11.7. The maximum absolute atomic E-state index is 12.2. The minimum Gasteiger partial charge on any atom is -0.507 e. The van der Waals surface area contributed by atoms with E-state index in [1.165, 1.54) is 18.2 Å². The highest BCUT2D eigenvalue weighted by Gasteiger charge is 2.22. The molecule has 4 rings (SSSR count). The standard InChI is InChI=1S/C24H20ClN5O12S2/c1-41-18-9-16(31)11(6-20(18)44(38,39)40)10-42-13-3-5-15(19(8-13)43(35,36)37)27-24-29-22(25)28-23(30-24)26-12-2-4-14(21(33)34)17(32)7-12/h2-9,31-32H,10H2,1H3,(H,33,34)(H,35,36,37)(H,38,39,40)(H2,26,27,28,29,30). The molecule has 0 unspecified atom stereocenters. The van der Waals surface area contributed by atoms with Gasteiger partial charge in [0.05, 0.1) is 12.8 Å². The summed E-state index contributed by atoms with van der Waals surface area (Å²) in [5.74, 6) is -3.30. The Labute approximate surface area is 253 Å². The van der Waals surface area contributed by atoms with Crippen LogP contribution < -0.4 is 20.1 Å². The monoisotopic (exact) mass is 669 g/mol. The smallest absolute Gasteiger partial charge is 0.339 e. The Balaban J connectivity index is 1.59. The topological polar surface area (TPSA) is 268 Å². The average molecular weight is 670 g/mol. The first-order valence-electron chi connectivity index (χ1n) is 11.7. The van der Waals surface area contributed by atoms with Gasteiger partial charge in [0.15, 0.2) is 0 Å². The van der Waals surface area contributed by atoms with E-state index in [9.17, 15) is 40.9 Å². The molecule has 232 valence electrons. The number of phenolic OH excluding ortho intramolecular Hbond substituents is 1. The number of carbonyl (C=O) groups is 1. The van der Waals surface area contributed by atoms with Crippen molar-refractivity contribution in [3.63, 3.8) is 0 Å². The number of ether oxygens (including phenoxy) is 2. The Kier molecular flexibility index (Phi) is 8.97. The van der Waals surface area contributed by atoms with E-state index >= 15 is 0 Å². The summed E-state index contributed by atoms with van der Waals surface area (Å²) in [6, 6.07) is 8.73. The van der Waals surface area contributed by atoms with Crippen molar-refractivity contribution in [2.75, 3.05) is 17.7 Å². The zero-order valence-corrected chi connectivity index (χ0v) is 24.3. The Morgan fingerprint density at radius 3 is 2.11 bits per heavy atom. The normalized spacial score (nSPS) is 11.5. The highest BCUT2D eigenvalue weighted by molar-refractivity contribution is 7.86. The van der Waals surface area contributed by atoms with Gasteiger partial charge < -0.3 is 35.4 Å². The van der Waals surface area contributed by atoms with Gasteiger partial charge in [-0.3, -0.25) is 9.11 Å². The van der Waals surface area contributed by atoms with Gasteiger partial charge in [0, 0.05) is 29.4 Å². The molecule has 0 aliphatic rings. The lowest BCUT2D eigenvalue weighted by molar-refractivity contribution is 0.0693. The van der Waals surface area contributed by atoms with E-state index in [1.807, 2.05) is 0 Å². The average Bonchev–Trinajstić information content (AvgIpc) is 2.91. The van der Waals surface area contributed by atoms with Crippen LogP contribution in [0.1, 0.15) is 15.9 Å². The molecule has 0 aliphatic heterocycles. The van der Waals surface area contributed by atoms with Gasteiger partial charge in [0.25, 0.3) is 20.2 Å². The largest absolute Gasteiger partial charge is 0.507 e. The summed E-state index contributed by atoms with van der Waals surface area (Å²) in [7, 11) is -8.51. The van der Waals surface area contributed by atoms with Crippen LogP contribution in [0.25, 0.3) is 0 Å². The molecule has 44 heavy (non-hydrogen) atoms. The van der Waals surface area contributed by atoms with Crippen molar-refractivity contribution in [2.24, 2.45) is 0 Å². The van der Waals surface area contributed by atoms with Crippen LogP contribution in [0.5, 0.6) is 23.0 Å². The second-order valence-electron chi connectivity index (χ2n) is 8.57. The summed E-state index contributed by atoms with van der Waals surface area (Å²) in [6.07, 6.45) is 0. The Bertz CT molecular complexity index is 1990. The van der Waals surface area contributed by atoms with Gasteiger partial charge in [-0.2, -0.15) is 31.8 Å². The van der Waals surface area contributed by atoms with Crippen LogP contribution in [0.3, 0.4) is 0 Å². The molecule has 0 radical (unpaired) electrons. The number of aromatic carboxylic acids is 1. The Hall–Kier alpha value is -4.95. The number of carboxylic acid groups (broad SMARTS) is 1. The molecule has 0 saturated carbocycles. The van der Waals surface area contributed by atoms with E-state index in [2.05, 4.69) is 25.6 Å². The van der Waals surface area contributed by atoms with E-state index < -0.39 is 54.1 Å². The number of anilines is 4. The fourth-order valence-electron chi connectivity index (χ4n) is 3.64. The number of hydrogen-bond donors (Lipinski definition) is 7. The molecule has 1 heterocycles. The SMILES string of the molecule is COc1cc(O)c(COc2ccc(Nc3nc(Cl)nc(Nc4ccc(C(=O)O)c(O)c4)n3)c(S(=O)(=O)O)c2)cc1S(=O)(=O)O. The van der Waals surface area contributed by atoms with Gasteiger partial charge in [-0.15, -0.1) is 0 Å². The van der Waals surface area contributed by atoms with Crippen LogP contribution in [0, 0.1) is 0 Å². The minimum absolute atomic E-state index is 0.111. The van der Waals surface area contributed by atoms with Crippen LogP contribution in [0.2, 0.25) is 5.28 Å². The van der Waals surface area contributed by atoms with Crippen molar-refractivity contribution in [1.29, 1.82) is 0 Å². The van der Waals surface area contributed by atoms with E-state index in [4.69, 9.17) is 26.2 Å². The third-order valence-corrected chi connectivity index (χ3v) is 7.54. The molecule has 0 spiro atoms.